The summed E-state index contributed by atoms with van der Waals surface area (Å²) < 4.78 is 0. The monoisotopic (exact) mass is 226 g/mol. The van der Waals surface area contributed by atoms with Crippen molar-refractivity contribution in [2.45, 2.75) is 31.7 Å². The van der Waals surface area contributed by atoms with Gasteiger partial charge < -0.3 is 15.3 Å². The number of piperidine rings is 1. The van der Waals surface area contributed by atoms with Crippen LogP contribution in [0.15, 0.2) is 0 Å². The summed E-state index contributed by atoms with van der Waals surface area (Å²) in [7, 11) is 0. The summed E-state index contributed by atoms with van der Waals surface area (Å²) in [5.74, 6) is -0.459. The smallest absolute Gasteiger partial charge is 0.303 e. The predicted molar refractivity (Wildman–Crippen MR) is 58.0 cm³/mol. The molecule has 2 saturated heterocycles. The number of carbonyl (C=O) groups excluding carboxylic acids is 1. The highest BCUT2D eigenvalue weighted by atomic mass is 16.4. The van der Waals surface area contributed by atoms with E-state index in [2.05, 4.69) is 5.32 Å². The average molecular weight is 226 g/mol. The maximum Gasteiger partial charge on any atom is 0.303 e. The van der Waals surface area contributed by atoms with E-state index in [1.54, 1.807) is 4.90 Å². The minimum Gasteiger partial charge on any atom is -0.481 e. The number of carbonyl (C=O) groups is 2. The van der Waals surface area contributed by atoms with Crippen molar-refractivity contribution >= 4 is 11.9 Å². The van der Waals surface area contributed by atoms with E-state index in [0.29, 0.717) is 13.1 Å². The van der Waals surface area contributed by atoms with Gasteiger partial charge in [0, 0.05) is 19.0 Å². The van der Waals surface area contributed by atoms with Crippen LogP contribution < -0.4 is 5.32 Å². The quantitative estimate of drug-likeness (QED) is 0.714. The van der Waals surface area contributed by atoms with Crippen molar-refractivity contribution < 1.29 is 14.7 Å². The Labute approximate surface area is 94.8 Å². The highest BCUT2D eigenvalue weighted by Gasteiger charge is 2.35. The Balaban J connectivity index is 1.74. The molecule has 2 N–H and O–H groups in total. The summed E-state index contributed by atoms with van der Waals surface area (Å²) in [6, 6.07) is -0.0282. The molecule has 0 aliphatic carbocycles. The van der Waals surface area contributed by atoms with E-state index in [4.69, 9.17) is 5.11 Å². The Morgan fingerprint density at radius 1 is 1.31 bits per heavy atom. The Morgan fingerprint density at radius 3 is 2.62 bits per heavy atom. The molecule has 5 heteroatoms. The lowest BCUT2D eigenvalue weighted by molar-refractivity contribution is -0.146. The largest absolute Gasteiger partial charge is 0.481 e. The SMILES string of the molecule is O=C(O)CC1CN(C(=O)[C@H]2CCCCN2)C1. The van der Waals surface area contributed by atoms with Gasteiger partial charge in [-0.25, -0.2) is 0 Å². The fraction of sp³-hybridized carbons (Fsp3) is 0.818. The summed E-state index contributed by atoms with van der Waals surface area (Å²) in [6.07, 6.45) is 3.35. The van der Waals surface area contributed by atoms with Crippen LogP contribution in [0.25, 0.3) is 0 Å². The molecule has 90 valence electrons. The molecular formula is C11H18N2O3. The number of hydrogen-bond acceptors (Lipinski definition) is 3. The minimum atomic E-state index is -0.770. The molecule has 1 amide bonds. The molecule has 1 atom stereocenters. The molecular weight excluding hydrogens is 208 g/mol. The normalized spacial score (nSPS) is 26.2. The molecule has 5 nitrogen and oxygen atoms in total. The third-order valence-electron chi connectivity index (χ3n) is 3.34. The van der Waals surface area contributed by atoms with Crippen LogP contribution in [-0.4, -0.2) is 47.6 Å². The molecule has 0 unspecified atom stereocenters. The summed E-state index contributed by atoms with van der Waals surface area (Å²) >= 11 is 0. The molecule has 0 bridgehead atoms. The average Bonchev–Trinajstić information content (AvgIpc) is 2.23. The van der Waals surface area contributed by atoms with E-state index in [9.17, 15) is 9.59 Å². The maximum atomic E-state index is 11.9. The fourth-order valence-corrected chi connectivity index (χ4v) is 2.41. The zero-order valence-corrected chi connectivity index (χ0v) is 9.32. The van der Waals surface area contributed by atoms with Gasteiger partial charge in [-0.2, -0.15) is 0 Å². The molecule has 2 aliphatic rings. The topological polar surface area (TPSA) is 69.6 Å². The first-order chi connectivity index (χ1) is 7.66. The van der Waals surface area contributed by atoms with Gasteiger partial charge in [0.05, 0.1) is 12.5 Å². The molecule has 16 heavy (non-hydrogen) atoms. The van der Waals surface area contributed by atoms with Crippen molar-refractivity contribution in [3.8, 4) is 0 Å². The van der Waals surface area contributed by atoms with Crippen molar-refractivity contribution in [2.75, 3.05) is 19.6 Å². The highest BCUT2D eigenvalue weighted by molar-refractivity contribution is 5.83. The van der Waals surface area contributed by atoms with Crippen LogP contribution in [-0.2, 0) is 9.59 Å². The third-order valence-corrected chi connectivity index (χ3v) is 3.34. The van der Waals surface area contributed by atoms with Gasteiger partial charge in [0.2, 0.25) is 5.91 Å². The van der Waals surface area contributed by atoms with Crippen molar-refractivity contribution in [3.63, 3.8) is 0 Å². The molecule has 0 radical (unpaired) electrons. The number of rotatable bonds is 3. The predicted octanol–water partition coefficient (Wildman–Crippen LogP) is 0.0616. The second kappa shape index (κ2) is 4.82. The van der Waals surface area contributed by atoms with Gasteiger partial charge in [-0.15, -0.1) is 0 Å². The van der Waals surface area contributed by atoms with Gasteiger partial charge in [0.25, 0.3) is 0 Å². The Bertz CT molecular complexity index is 281. The first-order valence-electron chi connectivity index (χ1n) is 5.91. The number of likely N-dealkylation sites (tertiary alicyclic amines) is 1. The molecule has 2 aliphatic heterocycles. The van der Waals surface area contributed by atoms with Crippen molar-refractivity contribution in [1.29, 1.82) is 0 Å². The Morgan fingerprint density at radius 2 is 2.06 bits per heavy atom. The van der Waals surface area contributed by atoms with Crippen molar-refractivity contribution in [2.24, 2.45) is 5.92 Å². The summed E-state index contributed by atoms with van der Waals surface area (Å²) in [5.41, 5.74) is 0. The van der Waals surface area contributed by atoms with E-state index < -0.39 is 5.97 Å². The summed E-state index contributed by atoms with van der Waals surface area (Å²) in [4.78, 5) is 24.2. The van der Waals surface area contributed by atoms with Crippen molar-refractivity contribution in [1.82, 2.24) is 10.2 Å². The van der Waals surface area contributed by atoms with Crippen LogP contribution in [0, 0.1) is 5.92 Å². The molecule has 0 saturated carbocycles. The van der Waals surface area contributed by atoms with Crippen LogP contribution >= 0.6 is 0 Å². The summed E-state index contributed by atoms with van der Waals surface area (Å²) in [6.45, 7) is 2.15. The van der Waals surface area contributed by atoms with E-state index in [1.807, 2.05) is 0 Å². The van der Waals surface area contributed by atoms with Gasteiger partial charge in [-0.05, 0) is 19.4 Å². The third kappa shape index (κ3) is 2.52. The van der Waals surface area contributed by atoms with Gasteiger partial charge in [-0.1, -0.05) is 6.42 Å². The molecule has 0 aromatic carbocycles. The van der Waals surface area contributed by atoms with Crippen LogP contribution in [0.2, 0.25) is 0 Å². The number of carboxylic acid groups (broad SMARTS) is 1. The summed E-state index contributed by atoms with van der Waals surface area (Å²) in [5, 5.41) is 11.8. The number of aliphatic carboxylic acids is 1. The fourth-order valence-electron chi connectivity index (χ4n) is 2.41. The minimum absolute atomic E-state index is 0.0282. The molecule has 0 aromatic heterocycles. The van der Waals surface area contributed by atoms with Gasteiger partial charge >= 0.3 is 5.97 Å². The first-order valence-corrected chi connectivity index (χ1v) is 5.91. The number of nitrogens with one attached hydrogen (secondary N) is 1. The first kappa shape index (κ1) is 11.4. The van der Waals surface area contributed by atoms with Crippen LogP contribution in [0.1, 0.15) is 25.7 Å². The maximum absolute atomic E-state index is 11.9. The molecule has 2 rings (SSSR count). The second-order valence-corrected chi connectivity index (χ2v) is 4.71. The van der Waals surface area contributed by atoms with Crippen LogP contribution in [0.4, 0.5) is 0 Å². The molecule has 2 fully saturated rings. The number of carboxylic acids is 1. The van der Waals surface area contributed by atoms with Crippen LogP contribution in [0.3, 0.4) is 0 Å². The molecule has 2 heterocycles. The van der Waals surface area contributed by atoms with Crippen LogP contribution in [0.5, 0.6) is 0 Å². The lowest BCUT2D eigenvalue weighted by atomic mass is 9.94. The number of amides is 1. The second-order valence-electron chi connectivity index (χ2n) is 4.71. The zero-order valence-electron chi connectivity index (χ0n) is 9.32. The van der Waals surface area contributed by atoms with Gasteiger partial charge in [-0.3, -0.25) is 9.59 Å². The van der Waals surface area contributed by atoms with E-state index in [0.717, 1.165) is 25.8 Å². The number of nitrogens with zero attached hydrogens (tertiary/aromatic N) is 1. The number of hydrogen-bond donors (Lipinski definition) is 2. The van der Waals surface area contributed by atoms with Gasteiger partial charge in [0.1, 0.15) is 0 Å². The Hall–Kier alpha value is -1.10. The van der Waals surface area contributed by atoms with Gasteiger partial charge in [0.15, 0.2) is 0 Å². The van der Waals surface area contributed by atoms with E-state index in [-0.39, 0.29) is 24.3 Å². The molecule has 0 spiro atoms. The Kier molecular flexibility index (Phi) is 3.43. The lowest BCUT2D eigenvalue weighted by Crippen LogP contribution is -2.57. The van der Waals surface area contributed by atoms with Crippen molar-refractivity contribution in [3.05, 3.63) is 0 Å². The van der Waals surface area contributed by atoms with E-state index >= 15 is 0 Å². The standard InChI is InChI=1S/C11H18N2O3/c14-10(15)5-8-6-13(7-8)11(16)9-3-1-2-4-12-9/h8-9,12H,1-7H2,(H,14,15)/t9-/m1/s1. The highest BCUT2D eigenvalue weighted by Crippen LogP contribution is 2.21. The zero-order chi connectivity index (χ0) is 11.5. The van der Waals surface area contributed by atoms with E-state index in [1.165, 1.54) is 0 Å². The lowest BCUT2D eigenvalue weighted by Gasteiger charge is -2.41. The molecule has 0 aromatic rings.